The van der Waals surface area contributed by atoms with E-state index in [1.54, 1.807) is 0 Å². The highest BCUT2D eigenvalue weighted by Crippen LogP contribution is 2.19. The van der Waals surface area contributed by atoms with E-state index < -0.39 is 0 Å². The summed E-state index contributed by atoms with van der Waals surface area (Å²) in [6.07, 6.45) is 8.04. The highest BCUT2D eigenvalue weighted by atomic mass is 16.2. The second-order valence-corrected chi connectivity index (χ2v) is 7.55. The SMILES string of the molecule is CN(C(=O)CCC1CCNC1)C1CCN(CCc2ccccn2)CC1. The van der Waals surface area contributed by atoms with Crippen molar-refractivity contribution in [3.8, 4) is 0 Å². The average Bonchev–Trinajstić information content (AvgIpc) is 3.19. The van der Waals surface area contributed by atoms with Gasteiger partial charge in [-0.3, -0.25) is 9.78 Å². The third-order valence-corrected chi connectivity index (χ3v) is 5.84. The molecule has 0 bridgehead atoms. The molecule has 138 valence electrons. The second kappa shape index (κ2) is 9.30. The molecule has 1 atom stereocenters. The Morgan fingerprint density at radius 2 is 2.16 bits per heavy atom. The molecule has 1 amide bonds. The first-order valence-corrected chi connectivity index (χ1v) is 9.81. The van der Waals surface area contributed by atoms with Crippen LogP contribution in [0.4, 0.5) is 0 Å². The van der Waals surface area contributed by atoms with Gasteiger partial charge in [-0.15, -0.1) is 0 Å². The van der Waals surface area contributed by atoms with Crippen molar-refractivity contribution >= 4 is 5.91 Å². The van der Waals surface area contributed by atoms with Gasteiger partial charge in [-0.05, 0) is 56.8 Å². The number of rotatable bonds is 7. The summed E-state index contributed by atoms with van der Waals surface area (Å²) in [5, 5.41) is 3.38. The Hall–Kier alpha value is -1.46. The highest BCUT2D eigenvalue weighted by Gasteiger charge is 2.26. The first-order chi connectivity index (χ1) is 12.2. The lowest BCUT2D eigenvalue weighted by Gasteiger charge is -2.37. The number of hydrogen-bond acceptors (Lipinski definition) is 4. The lowest BCUT2D eigenvalue weighted by Crippen LogP contribution is -2.46. The van der Waals surface area contributed by atoms with Gasteiger partial charge in [0.2, 0.25) is 5.91 Å². The van der Waals surface area contributed by atoms with Crippen LogP contribution < -0.4 is 5.32 Å². The molecule has 2 saturated heterocycles. The molecule has 5 heteroatoms. The standard InChI is InChI=1S/C20H32N4O/c1-23(20(25)6-5-17-7-12-21-16-17)19-9-14-24(15-10-19)13-8-18-4-2-3-11-22-18/h2-4,11,17,19,21H,5-10,12-16H2,1H3. The summed E-state index contributed by atoms with van der Waals surface area (Å²) in [5.41, 5.74) is 1.17. The van der Waals surface area contributed by atoms with Gasteiger partial charge in [0.1, 0.15) is 0 Å². The summed E-state index contributed by atoms with van der Waals surface area (Å²) in [4.78, 5) is 21.4. The van der Waals surface area contributed by atoms with E-state index >= 15 is 0 Å². The number of carbonyl (C=O) groups excluding carboxylic acids is 1. The van der Waals surface area contributed by atoms with Crippen LogP contribution in [0, 0.1) is 5.92 Å². The van der Waals surface area contributed by atoms with Crippen molar-refractivity contribution in [3.05, 3.63) is 30.1 Å². The van der Waals surface area contributed by atoms with Crippen LogP contribution in [0.5, 0.6) is 0 Å². The number of amides is 1. The fourth-order valence-electron chi connectivity index (χ4n) is 4.02. The second-order valence-electron chi connectivity index (χ2n) is 7.55. The van der Waals surface area contributed by atoms with Crippen molar-refractivity contribution in [2.24, 2.45) is 5.92 Å². The number of likely N-dealkylation sites (tertiary alicyclic amines) is 1. The van der Waals surface area contributed by atoms with E-state index in [0.717, 1.165) is 58.4 Å². The fourth-order valence-corrected chi connectivity index (χ4v) is 4.02. The van der Waals surface area contributed by atoms with Crippen LogP contribution in [0.25, 0.3) is 0 Å². The highest BCUT2D eigenvalue weighted by molar-refractivity contribution is 5.76. The summed E-state index contributed by atoms with van der Waals surface area (Å²) in [7, 11) is 2.00. The van der Waals surface area contributed by atoms with Crippen molar-refractivity contribution in [2.45, 2.75) is 44.6 Å². The molecular weight excluding hydrogens is 312 g/mol. The molecule has 1 N–H and O–H groups in total. The number of hydrogen-bond donors (Lipinski definition) is 1. The van der Waals surface area contributed by atoms with Crippen LogP contribution in [0.15, 0.2) is 24.4 Å². The van der Waals surface area contributed by atoms with Gasteiger partial charge in [-0.2, -0.15) is 0 Å². The lowest BCUT2D eigenvalue weighted by molar-refractivity contribution is -0.133. The first-order valence-electron chi connectivity index (χ1n) is 9.81. The van der Waals surface area contributed by atoms with E-state index in [9.17, 15) is 4.79 Å². The molecule has 1 aromatic rings. The summed E-state index contributed by atoms with van der Waals surface area (Å²) < 4.78 is 0. The van der Waals surface area contributed by atoms with Crippen LogP contribution >= 0.6 is 0 Å². The van der Waals surface area contributed by atoms with Gasteiger partial charge in [-0.1, -0.05) is 6.07 Å². The number of nitrogens with one attached hydrogen (secondary N) is 1. The van der Waals surface area contributed by atoms with Crippen molar-refractivity contribution < 1.29 is 4.79 Å². The van der Waals surface area contributed by atoms with Crippen LogP contribution in [-0.2, 0) is 11.2 Å². The maximum Gasteiger partial charge on any atom is 0.222 e. The van der Waals surface area contributed by atoms with E-state index in [-0.39, 0.29) is 0 Å². The van der Waals surface area contributed by atoms with E-state index in [1.807, 2.05) is 24.2 Å². The van der Waals surface area contributed by atoms with E-state index in [4.69, 9.17) is 0 Å². The van der Waals surface area contributed by atoms with Crippen molar-refractivity contribution in [1.82, 2.24) is 20.1 Å². The van der Waals surface area contributed by atoms with Gasteiger partial charge in [0.15, 0.2) is 0 Å². The van der Waals surface area contributed by atoms with Crippen LogP contribution in [-0.4, -0.2) is 66.5 Å². The minimum absolute atomic E-state index is 0.332. The van der Waals surface area contributed by atoms with E-state index in [1.165, 1.54) is 12.1 Å². The molecule has 0 aromatic carbocycles. The number of nitrogens with zero attached hydrogens (tertiary/aromatic N) is 3. The van der Waals surface area contributed by atoms with Crippen LogP contribution in [0.2, 0.25) is 0 Å². The predicted octanol–water partition coefficient (Wildman–Crippen LogP) is 1.94. The number of pyridine rings is 1. The Balaban J connectivity index is 1.35. The monoisotopic (exact) mass is 344 g/mol. The minimum atomic E-state index is 0.332. The summed E-state index contributed by atoms with van der Waals surface area (Å²) in [5.74, 6) is 1.03. The third kappa shape index (κ3) is 5.51. The Morgan fingerprint density at radius 3 is 2.84 bits per heavy atom. The van der Waals surface area contributed by atoms with E-state index in [2.05, 4.69) is 27.3 Å². The zero-order valence-electron chi connectivity index (χ0n) is 15.5. The largest absolute Gasteiger partial charge is 0.343 e. The Labute approximate surface area is 151 Å². The minimum Gasteiger partial charge on any atom is -0.343 e. The lowest BCUT2D eigenvalue weighted by atomic mass is 10.00. The summed E-state index contributed by atoms with van der Waals surface area (Å²) in [6.45, 7) is 5.44. The molecule has 25 heavy (non-hydrogen) atoms. The Bertz CT molecular complexity index is 522. The van der Waals surface area contributed by atoms with Gasteiger partial charge < -0.3 is 15.1 Å². The van der Waals surface area contributed by atoms with Crippen molar-refractivity contribution in [3.63, 3.8) is 0 Å². The third-order valence-electron chi connectivity index (χ3n) is 5.84. The topological polar surface area (TPSA) is 48.5 Å². The molecular formula is C20H32N4O. The van der Waals surface area contributed by atoms with Gasteiger partial charge in [0.25, 0.3) is 0 Å². The normalized spacial score (nSPS) is 22.2. The first kappa shape index (κ1) is 18.3. The van der Waals surface area contributed by atoms with Crippen LogP contribution in [0.3, 0.4) is 0 Å². The molecule has 0 spiro atoms. The molecule has 2 aliphatic heterocycles. The molecule has 2 aliphatic rings. The summed E-state index contributed by atoms with van der Waals surface area (Å²) in [6, 6.07) is 6.53. The zero-order valence-corrected chi connectivity index (χ0v) is 15.5. The zero-order chi connectivity index (χ0) is 17.5. The van der Waals surface area contributed by atoms with Gasteiger partial charge in [0.05, 0.1) is 0 Å². The Kier molecular flexibility index (Phi) is 6.82. The molecule has 0 aliphatic carbocycles. The number of piperidine rings is 1. The summed E-state index contributed by atoms with van der Waals surface area (Å²) >= 11 is 0. The van der Waals surface area contributed by atoms with Crippen molar-refractivity contribution in [2.75, 3.05) is 39.8 Å². The average molecular weight is 345 g/mol. The number of carbonyl (C=O) groups is 1. The Morgan fingerprint density at radius 1 is 1.32 bits per heavy atom. The van der Waals surface area contributed by atoms with Crippen molar-refractivity contribution in [1.29, 1.82) is 0 Å². The molecule has 0 radical (unpaired) electrons. The maximum absolute atomic E-state index is 12.5. The predicted molar refractivity (Wildman–Crippen MR) is 100 cm³/mol. The number of aromatic nitrogens is 1. The van der Waals surface area contributed by atoms with E-state index in [0.29, 0.717) is 24.3 Å². The molecule has 1 aromatic heterocycles. The van der Waals surface area contributed by atoms with Crippen LogP contribution in [0.1, 0.15) is 37.8 Å². The molecule has 3 heterocycles. The van der Waals surface area contributed by atoms with Gasteiger partial charge >= 0.3 is 0 Å². The molecule has 5 nitrogen and oxygen atoms in total. The van der Waals surface area contributed by atoms with Gasteiger partial charge in [-0.25, -0.2) is 0 Å². The molecule has 3 rings (SSSR count). The molecule has 1 unspecified atom stereocenters. The smallest absolute Gasteiger partial charge is 0.222 e. The maximum atomic E-state index is 12.5. The molecule has 0 saturated carbocycles. The fraction of sp³-hybridized carbons (Fsp3) is 0.700. The quantitative estimate of drug-likeness (QED) is 0.821. The molecule has 2 fully saturated rings. The van der Waals surface area contributed by atoms with Gasteiger partial charge in [0, 0.05) is 57.5 Å².